The molecule has 0 bridgehead atoms. The van der Waals surface area contributed by atoms with Crippen molar-refractivity contribution in [2.75, 3.05) is 13.2 Å². The van der Waals surface area contributed by atoms with E-state index in [9.17, 15) is 14.4 Å². The second-order valence-corrected chi connectivity index (χ2v) is 17.5. The number of ether oxygens (including phenoxy) is 3. The van der Waals surface area contributed by atoms with Crippen LogP contribution in [0.1, 0.15) is 245 Å². The van der Waals surface area contributed by atoms with E-state index in [4.69, 9.17) is 14.2 Å². The highest BCUT2D eigenvalue weighted by Crippen LogP contribution is 2.14. The zero-order chi connectivity index (χ0) is 46.5. The van der Waals surface area contributed by atoms with Crippen molar-refractivity contribution in [1.29, 1.82) is 0 Å². The Kier molecular flexibility index (Phi) is 49.4. The summed E-state index contributed by atoms with van der Waals surface area (Å²) in [5.41, 5.74) is 0. The summed E-state index contributed by atoms with van der Waals surface area (Å²) < 4.78 is 16.8. The molecule has 0 rings (SSSR count). The minimum atomic E-state index is -0.798. The van der Waals surface area contributed by atoms with Gasteiger partial charge in [0, 0.05) is 19.3 Å². The van der Waals surface area contributed by atoms with E-state index in [2.05, 4.69) is 106 Å². The largest absolute Gasteiger partial charge is 0.462 e. The first kappa shape index (κ1) is 60.6. The van der Waals surface area contributed by atoms with Gasteiger partial charge in [-0.3, -0.25) is 14.4 Å². The SMILES string of the molecule is CC\C=C/C=C\C=C/CCCCCCCC(=O)OCC(COC(=O)CCCCCCC/C=C\C=C/CCCCCCCCC)OC(=O)CCCCCCCC/C=C\C=C/CCCCC. The zero-order valence-electron chi connectivity index (χ0n) is 41.8. The Morgan fingerprint density at radius 1 is 0.328 bits per heavy atom. The van der Waals surface area contributed by atoms with Gasteiger partial charge in [0.15, 0.2) is 6.10 Å². The average Bonchev–Trinajstić information content (AvgIpc) is 3.29. The zero-order valence-corrected chi connectivity index (χ0v) is 41.8. The van der Waals surface area contributed by atoms with Crippen LogP contribution in [0.25, 0.3) is 0 Å². The quantitative estimate of drug-likeness (QED) is 0.0262. The Bertz CT molecular complexity index is 1250. The molecule has 0 N–H and O–H groups in total. The Morgan fingerprint density at radius 3 is 0.984 bits per heavy atom. The van der Waals surface area contributed by atoms with Crippen LogP contribution in [0, 0.1) is 0 Å². The van der Waals surface area contributed by atoms with Crippen LogP contribution in [-0.4, -0.2) is 37.2 Å². The van der Waals surface area contributed by atoms with E-state index in [0.29, 0.717) is 19.3 Å². The molecule has 0 amide bonds. The molecule has 0 saturated heterocycles. The van der Waals surface area contributed by atoms with Gasteiger partial charge in [-0.05, 0) is 89.9 Å². The predicted octanol–water partition coefficient (Wildman–Crippen LogP) is 17.6. The highest BCUT2D eigenvalue weighted by atomic mass is 16.6. The molecule has 366 valence electrons. The number of hydrogen-bond acceptors (Lipinski definition) is 6. The number of unbranched alkanes of at least 4 members (excludes halogenated alkanes) is 26. The number of hydrogen-bond donors (Lipinski definition) is 0. The fraction of sp³-hybridized carbons (Fsp3) is 0.707. The van der Waals surface area contributed by atoms with E-state index in [0.717, 1.165) is 116 Å². The van der Waals surface area contributed by atoms with E-state index >= 15 is 0 Å². The fourth-order valence-electron chi connectivity index (χ4n) is 7.19. The predicted molar refractivity (Wildman–Crippen MR) is 274 cm³/mol. The lowest BCUT2D eigenvalue weighted by molar-refractivity contribution is -0.167. The van der Waals surface area contributed by atoms with Gasteiger partial charge in [-0.15, -0.1) is 0 Å². The summed E-state index contributed by atoms with van der Waals surface area (Å²) in [7, 11) is 0. The molecule has 0 aliphatic heterocycles. The molecule has 0 aliphatic carbocycles. The van der Waals surface area contributed by atoms with E-state index in [1.165, 1.54) is 89.9 Å². The fourth-order valence-corrected chi connectivity index (χ4v) is 7.19. The molecule has 0 aromatic heterocycles. The molecular formula is C58H98O6. The van der Waals surface area contributed by atoms with Crippen molar-refractivity contribution < 1.29 is 28.6 Å². The number of carbonyl (C=O) groups excluding carboxylic acids is 3. The van der Waals surface area contributed by atoms with Crippen LogP contribution in [0.3, 0.4) is 0 Å². The van der Waals surface area contributed by atoms with E-state index in [-0.39, 0.29) is 31.1 Å². The summed E-state index contributed by atoms with van der Waals surface area (Å²) in [5.74, 6) is -0.943. The van der Waals surface area contributed by atoms with Crippen molar-refractivity contribution >= 4 is 17.9 Å². The average molecular weight is 891 g/mol. The maximum Gasteiger partial charge on any atom is 0.306 e. The van der Waals surface area contributed by atoms with Crippen LogP contribution in [0.15, 0.2) is 85.1 Å². The summed E-state index contributed by atoms with van der Waals surface area (Å²) >= 11 is 0. The summed E-state index contributed by atoms with van der Waals surface area (Å²) in [6, 6.07) is 0. The van der Waals surface area contributed by atoms with Crippen LogP contribution in [-0.2, 0) is 28.6 Å². The molecule has 0 saturated carbocycles. The van der Waals surface area contributed by atoms with Gasteiger partial charge in [-0.2, -0.15) is 0 Å². The molecule has 0 aromatic rings. The van der Waals surface area contributed by atoms with Crippen molar-refractivity contribution in [1.82, 2.24) is 0 Å². The lowest BCUT2D eigenvalue weighted by Crippen LogP contribution is -2.30. The van der Waals surface area contributed by atoms with Crippen molar-refractivity contribution in [2.45, 2.75) is 252 Å². The minimum Gasteiger partial charge on any atom is -0.462 e. The molecule has 0 aliphatic rings. The molecule has 1 atom stereocenters. The molecule has 6 nitrogen and oxygen atoms in total. The highest BCUT2D eigenvalue weighted by Gasteiger charge is 2.19. The third-order valence-corrected chi connectivity index (χ3v) is 11.2. The van der Waals surface area contributed by atoms with Gasteiger partial charge in [0.1, 0.15) is 13.2 Å². The molecule has 0 heterocycles. The third kappa shape index (κ3) is 49.6. The maximum atomic E-state index is 12.8. The minimum absolute atomic E-state index is 0.0968. The lowest BCUT2D eigenvalue weighted by Gasteiger charge is -2.18. The lowest BCUT2D eigenvalue weighted by atomic mass is 10.1. The van der Waals surface area contributed by atoms with Crippen LogP contribution < -0.4 is 0 Å². The van der Waals surface area contributed by atoms with E-state index in [1.54, 1.807) is 0 Å². The Morgan fingerprint density at radius 2 is 0.609 bits per heavy atom. The summed E-state index contributed by atoms with van der Waals surface area (Å²) in [5, 5.41) is 0. The summed E-state index contributed by atoms with van der Waals surface area (Å²) in [6.07, 6.45) is 67.1. The first-order valence-corrected chi connectivity index (χ1v) is 26.7. The van der Waals surface area contributed by atoms with Crippen LogP contribution >= 0.6 is 0 Å². The molecule has 0 aromatic carbocycles. The molecule has 64 heavy (non-hydrogen) atoms. The summed E-state index contributed by atoms with van der Waals surface area (Å²) in [4.78, 5) is 38.0. The molecule has 6 heteroatoms. The van der Waals surface area contributed by atoms with E-state index < -0.39 is 6.10 Å². The topological polar surface area (TPSA) is 78.9 Å². The number of allylic oxidation sites excluding steroid dienone is 14. The Balaban J connectivity index is 4.45. The van der Waals surface area contributed by atoms with Gasteiger partial charge in [-0.25, -0.2) is 0 Å². The van der Waals surface area contributed by atoms with Crippen LogP contribution in [0.5, 0.6) is 0 Å². The first-order chi connectivity index (χ1) is 31.5. The molecule has 0 radical (unpaired) electrons. The molecule has 1 unspecified atom stereocenters. The van der Waals surface area contributed by atoms with Crippen molar-refractivity contribution in [3.63, 3.8) is 0 Å². The molecule has 0 spiro atoms. The molecule has 0 fully saturated rings. The Labute approximate surface area is 395 Å². The maximum absolute atomic E-state index is 12.8. The van der Waals surface area contributed by atoms with Crippen LogP contribution in [0.2, 0.25) is 0 Å². The van der Waals surface area contributed by atoms with Gasteiger partial charge in [0.25, 0.3) is 0 Å². The summed E-state index contributed by atoms with van der Waals surface area (Å²) in [6.45, 7) is 6.43. The van der Waals surface area contributed by atoms with Crippen molar-refractivity contribution in [2.24, 2.45) is 0 Å². The first-order valence-electron chi connectivity index (χ1n) is 26.7. The second-order valence-electron chi connectivity index (χ2n) is 17.5. The standard InChI is InChI=1S/C58H98O6/c1-4-7-10-13-16-19-22-25-27-28-29-31-33-36-39-42-45-48-51-57(60)63-54-55(53-62-56(59)50-47-44-41-38-35-32-24-21-18-15-12-9-6-3)64-58(61)52-49-46-43-40-37-34-30-26-23-20-17-14-11-8-5-2/h9,12,15,17-18,20-21,23-24,26-29,31,55H,4-8,10-11,13-14,16,19,22,25,30,32-54H2,1-3H3/b12-9-,18-15-,20-17-,24-21-,26-23-,28-27-,31-29-. The highest BCUT2D eigenvalue weighted by molar-refractivity contribution is 5.71. The smallest absolute Gasteiger partial charge is 0.306 e. The Hall–Kier alpha value is -3.41. The van der Waals surface area contributed by atoms with Gasteiger partial charge < -0.3 is 14.2 Å². The van der Waals surface area contributed by atoms with Gasteiger partial charge >= 0.3 is 17.9 Å². The van der Waals surface area contributed by atoms with E-state index in [1.807, 2.05) is 0 Å². The number of rotatable bonds is 47. The molecular weight excluding hydrogens is 793 g/mol. The second kappa shape index (κ2) is 52.2. The third-order valence-electron chi connectivity index (χ3n) is 11.2. The van der Waals surface area contributed by atoms with Gasteiger partial charge in [0.2, 0.25) is 0 Å². The normalized spacial score (nSPS) is 12.7. The number of esters is 3. The van der Waals surface area contributed by atoms with Gasteiger partial charge in [0.05, 0.1) is 0 Å². The van der Waals surface area contributed by atoms with Crippen molar-refractivity contribution in [3.05, 3.63) is 85.1 Å². The van der Waals surface area contributed by atoms with Crippen LogP contribution in [0.4, 0.5) is 0 Å². The van der Waals surface area contributed by atoms with Gasteiger partial charge in [-0.1, -0.05) is 221 Å². The van der Waals surface area contributed by atoms with Crippen molar-refractivity contribution in [3.8, 4) is 0 Å². The monoisotopic (exact) mass is 891 g/mol. The number of carbonyl (C=O) groups is 3.